The summed E-state index contributed by atoms with van der Waals surface area (Å²) in [5, 5.41) is 11.6. The van der Waals surface area contributed by atoms with Crippen LogP contribution in [0.4, 0.5) is 32.0 Å². The summed E-state index contributed by atoms with van der Waals surface area (Å²) in [5.41, 5.74) is -2.92. The van der Waals surface area contributed by atoms with Gasteiger partial charge in [-0.3, -0.25) is 19.4 Å². The molecule has 0 spiro atoms. The second-order valence-corrected chi connectivity index (χ2v) is 13.0. The fourth-order valence-electron chi connectivity index (χ4n) is 5.24. The van der Waals surface area contributed by atoms with E-state index in [2.05, 4.69) is 10.2 Å². The first kappa shape index (κ1) is 37.8. The Kier molecular flexibility index (Phi) is 11.7. The molecule has 0 aliphatic carbocycles. The van der Waals surface area contributed by atoms with Crippen molar-refractivity contribution in [1.82, 2.24) is 9.80 Å². The van der Waals surface area contributed by atoms with Crippen molar-refractivity contribution in [2.24, 2.45) is 0 Å². The Labute approximate surface area is 297 Å². The van der Waals surface area contributed by atoms with Gasteiger partial charge >= 0.3 is 18.3 Å². The van der Waals surface area contributed by atoms with E-state index in [1.54, 1.807) is 0 Å². The molecule has 0 aromatic heterocycles. The lowest BCUT2D eigenvalue weighted by molar-refractivity contribution is -0.142. The van der Waals surface area contributed by atoms with Crippen LogP contribution in [0.1, 0.15) is 33.5 Å². The second kappa shape index (κ2) is 15.8. The normalized spacial score (nSPS) is 16.5. The summed E-state index contributed by atoms with van der Waals surface area (Å²) in [5.74, 6) is -1.96. The standard InChI is InChI=1S/C34H29F6N3O6S2/c35-33(36,37)23-4-7-25(26(19-23)34(38,39)40)21-3-8-27(49-16-13-42-11-14-48-15-12-42)22(17-21)18-28-30(45)43(32(50)51-28)10-9-29(44)41-24-5-1-20(2-6-24)31(46)47/h1-8,17-19H,9-16H2,(H,41,44)(H,46,47). The molecular weight excluding hydrogens is 725 g/mol. The van der Waals surface area contributed by atoms with E-state index in [0.717, 1.165) is 17.8 Å². The van der Waals surface area contributed by atoms with E-state index in [4.69, 9.17) is 26.8 Å². The Morgan fingerprint density at radius 3 is 2.31 bits per heavy atom. The topological polar surface area (TPSA) is 108 Å². The average Bonchev–Trinajstić information content (AvgIpc) is 3.34. The largest absolute Gasteiger partial charge is 0.492 e. The van der Waals surface area contributed by atoms with Crippen LogP contribution in [0.15, 0.2) is 65.6 Å². The second-order valence-electron chi connectivity index (χ2n) is 11.3. The van der Waals surface area contributed by atoms with Gasteiger partial charge < -0.3 is 19.9 Å². The number of ether oxygens (including phenoxy) is 2. The number of carboxylic acids is 1. The minimum absolute atomic E-state index is 0.0358. The fraction of sp³-hybridized carbons (Fsp3) is 0.294. The maximum atomic E-state index is 14.1. The van der Waals surface area contributed by atoms with Gasteiger partial charge in [-0.25, -0.2) is 4.79 Å². The predicted molar refractivity (Wildman–Crippen MR) is 181 cm³/mol. The SMILES string of the molecule is O=C(CCN1C(=O)C(=Cc2cc(-c3ccc(C(F)(F)F)cc3C(F)(F)F)ccc2OCCN2CCOCC2)SC1=S)Nc1ccc(C(=O)O)cc1. The van der Waals surface area contributed by atoms with Gasteiger partial charge in [0.25, 0.3) is 5.91 Å². The Morgan fingerprint density at radius 1 is 0.961 bits per heavy atom. The Morgan fingerprint density at radius 2 is 1.67 bits per heavy atom. The minimum atomic E-state index is -5.11. The van der Waals surface area contributed by atoms with Crippen molar-refractivity contribution in [3.63, 3.8) is 0 Å². The van der Waals surface area contributed by atoms with E-state index in [1.165, 1.54) is 53.4 Å². The Hall–Kier alpha value is -4.45. The van der Waals surface area contributed by atoms with Crippen LogP contribution in [0.5, 0.6) is 5.75 Å². The highest BCUT2D eigenvalue weighted by molar-refractivity contribution is 8.26. The van der Waals surface area contributed by atoms with Crippen LogP contribution in [0, 0.1) is 0 Å². The molecule has 9 nitrogen and oxygen atoms in total. The van der Waals surface area contributed by atoms with E-state index >= 15 is 0 Å². The number of thioether (sulfide) groups is 1. The van der Waals surface area contributed by atoms with E-state index < -0.39 is 46.8 Å². The first-order valence-electron chi connectivity index (χ1n) is 15.3. The number of halogens is 6. The van der Waals surface area contributed by atoms with Gasteiger partial charge in [-0.15, -0.1) is 0 Å². The number of alkyl halides is 6. The van der Waals surface area contributed by atoms with Crippen LogP contribution >= 0.6 is 24.0 Å². The number of carboxylic acid groups (broad SMARTS) is 1. The molecule has 2 aliphatic heterocycles. The molecule has 0 saturated carbocycles. The first-order chi connectivity index (χ1) is 24.1. The molecule has 2 fully saturated rings. The lowest BCUT2D eigenvalue weighted by Crippen LogP contribution is -2.38. The molecule has 2 aliphatic rings. The summed E-state index contributed by atoms with van der Waals surface area (Å²) in [6.45, 7) is 3.06. The molecular formula is C34H29F6N3O6S2. The number of benzene rings is 3. The lowest BCUT2D eigenvalue weighted by Gasteiger charge is -2.26. The molecule has 2 saturated heterocycles. The maximum Gasteiger partial charge on any atom is 0.417 e. The van der Waals surface area contributed by atoms with Gasteiger partial charge in [-0.2, -0.15) is 26.3 Å². The number of morpholine rings is 1. The number of carbonyl (C=O) groups excluding carboxylic acids is 2. The van der Waals surface area contributed by atoms with Gasteiger partial charge in [-0.1, -0.05) is 36.1 Å². The molecule has 2 heterocycles. The highest BCUT2D eigenvalue weighted by atomic mass is 32.2. The van der Waals surface area contributed by atoms with Crippen LogP contribution in [-0.4, -0.2) is 83.0 Å². The molecule has 3 aromatic carbocycles. The molecule has 0 radical (unpaired) electrons. The van der Waals surface area contributed by atoms with Crippen molar-refractivity contribution in [3.8, 4) is 16.9 Å². The zero-order valence-electron chi connectivity index (χ0n) is 26.5. The van der Waals surface area contributed by atoms with Crippen molar-refractivity contribution in [3.05, 3.63) is 87.8 Å². The molecule has 0 atom stereocenters. The summed E-state index contributed by atoms with van der Waals surface area (Å²) in [6.07, 6.45) is -8.89. The number of hydrogen-bond acceptors (Lipinski definition) is 8. The molecule has 270 valence electrons. The number of carbonyl (C=O) groups is 3. The summed E-state index contributed by atoms with van der Waals surface area (Å²) in [6, 6.07) is 10.9. The maximum absolute atomic E-state index is 14.1. The van der Waals surface area contributed by atoms with E-state index in [0.29, 0.717) is 44.6 Å². The molecule has 17 heteroatoms. The number of anilines is 1. The van der Waals surface area contributed by atoms with Gasteiger partial charge in [0.1, 0.15) is 16.7 Å². The summed E-state index contributed by atoms with van der Waals surface area (Å²) >= 11 is 6.29. The molecule has 0 bridgehead atoms. The van der Waals surface area contributed by atoms with Gasteiger partial charge in [0.2, 0.25) is 5.91 Å². The van der Waals surface area contributed by atoms with E-state index in [-0.39, 0.29) is 57.3 Å². The van der Waals surface area contributed by atoms with Crippen LogP contribution in [0.25, 0.3) is 17.2 Å². The highest BCUT2D eigenvalue weighted by Crippen LogP contribution is 2.42. The van der Waals surface area contributed by atoms with Crippen LogP contribution < -0.4 is 10.1 Å². The van der Waals surface area contributed by atoms with Crippen molar-refractivity contribution in [1.29, 1.82) is 0 Å². The predicted octanol–water partition coefficient (Wildman–Crippen LogP) is 7.03. The monoisotopic (exact) mass is 753 g/mol. The smallest absolute Gasteiger partial charge is 0.417 e. The third-order valence-electron chi connectivity index (χ3n) is 7.88. The summed E-state index contributed by atoms with van der Waals surface area (Å²) in [7, 11) is 0. The van der Waals surface area contributed by atoms with E-state index in [9.17, 15) is 40.7 Å². The number of nitrogens with one attached hydrogen (secondary N) is 1. The quantitative estimate of drug-likeness (QED) is 0.121. The molecule has 2 amide bonds. The van der Waals surface area contributed by atoms with Crippen molar-refractivity contribution in [2.45, 2.75) is 18.8 Å². The third kappa shape index (κ3) is 9.66. The van der Waals surface area contributed by atoms with Crippen molar-refractivity contribution in [2.75, 3.05) is 51.3 Å². The average molecular weight is 754 g/mol. The Bertz CT molecular complexity index is 1840. The Balaban J connectivity index is 1.39. The van der Waals surface area contributed by atoms with Gasteiger partial charge in [0.05, 0.1) is 34.8 Å². The number of thiocarbonyl (C=S) groups is 1. The van der Waals surface area contributed by atoms with Gasteiger partial charge in [-0.05, 0) is 65.7 Å². The lowest BCUT2D eigenvalue weighted by atomic mass is 9.95. The number of nitrogens with zero attached hydrogens (tertiary/aromatic N) is 2. The fourth-order valence-corrected chi connectivity index (χ4v) is 6.54. The first-order valence-corrected chi connectivity index (χ1v) is 16.6. The van der Waals surface area contributed by atoms with Gasteiger partial charge in [0, 0.05) is 43.9 Å². The van der Waals surface area contributed by atoms with Crippen LogP contribution in [0.2, 0.25) is 0 Å². The number of rotatable bonds is 11. The molecule has 3 aromatic rings. The molecule has 2 N–H and O–H groups in total. The number of amides is 2. The van der Waals surface area contributed by atoms with Crippen LogP contribution in [0.3, 0.4) is 0 Å². The zero-order chi connectivity index (χ0) is 36.9. The molecule has 51 heavy (non-hydrogen) atoms. The summed E-state index contributed by atoms with van der Waals surface area (Å²) < 4.78 is 93.6. The number of aromatic carboxylic acids is 1. The van der Waals surface area contributed by atoms with E-state index in [1.807, 2.05) is 0 Å². The van der Waals surface area contributed by atoms with Crippen LogP contribution in [-0.2, 0) is 26.7 Å². The highest BCUT2D eigenvalue weighted by Gasteiger charge is 2.38. The zero-order valence-corrected chi connectivity index (χ0v) is 28.1. The van der Waals surface area contributed by atoms with Gasteiger partial charge in [0.15, 0.2) is 0 Å². The molecule has 5 rings (SSSR count). The molecule has 0 unspecified atom stereocenters. The van der Waals surface area contributed by atoms with Crippen molar-refractivity contribution < 1.29 is 55.3 Å². The summed E-state index contributed by atoms with van der Waals surface area (Å²) in [4.78, 5) is 40.5. The van der Waals surface area contributed by atoms with Crippen molar-refractivity contribution >= 4 is 57.8 Å². The number of hydrogen-bond donors (Lipinski definition) is 2. The minimum Gasteiger partial charge on any atom is -0.492 e. The third-order valence-corrected chi connectivity index (χ3v) is 9.26.